The molecule has 0 bridgehead atoms. The minimum atomic E-state index is -0.496. The van der Waals surface area contributed by atoms with E-state index in [0.29, 0.717) is 42.8 Å². The first kappa shape index (κ1) is 17.2. The SMILES string of the molecule is COc1ccc(Cl)cc1Nc1ncnc(N2CCOCC2)c1[N+](=O)[O-]. The van der Waals surface area contributed by atoms with Crippen molar-refractivity contribution in [2.75, 3.05) is 43.6 Å². The van der Waals surface area contributed by atoms with Crippen LogP contribution in [0.2, 0.25) is 5.02 Å². The van der Waals surface area contributed by atoms with E-state index in [0.717, 1.165) is 0 Å². The highest BCUT2D eigenvalue weighted by Gasteiger charge is 2.28. The van der Waals surface area contributed by atoms with E-state index >= 15 is 0 Å². The molecule has 0 aliphatic carbocycles. The number of methoxy groups -OCH3 is 1. The third-order valence-electron chi connectivity index (χ3n) is 3.71. The number of hydrogen-bond donors (Lipinski definition) is 1. The lowest BCUT2D eigenvalue weighted by Crippen LogP contribution is -2.37. The highest BCUT2D eigenvalue weighted by atomic mass is 35.5. The molecular formula is C15H16ClN5O4. The van der Waals surface area contributed by atoms with Gasteiger partial charge in [0.25, 0.3) is 0 Å². The van der Waals surface area contributed by atoms with Crippen molar-refractivity contribution < 1.29 is 14.4 Å². The number of morpholine rings is 1. The van der Waals surface area contributed by atoms with Gasteiger partial charge in [0, 0.05) is 18.1 Å². The van der Waals surface area contributed by atoms with Gasteiger partial charge in [-0.15, -0.1) is 0 Å². The summed E-state index contributed by atoms with van der Waals surface area (Å²) in [6.45, 7) is 2.04. The largest absolute Gasteiger partial charge is 0.495 e. The van der Waals surface area contributed by atoms with Gasteiger partial charge >= 0.3 is 5.69 Å². The van der Waals surface area contributed by atoms with Crippen molar-refractivity contribution in [1.82, 2.24) is 9.97 Å². The fraction of sp³-hybridized carbons (Fsp3) is 0.333. The molecule has 2 aromatic rings. The second-order valence-electron chi connectivity index (χ2n) is 5.22. The molecule has 0 unspecified atom stereocenters. The Morgan fingerprint density at radius 3 is 2.80 bits per heavy atom. The second-order valence-corrected chi connectivity index (χ2v) is 5.66. The molecule has 1 aromatic carbocycles. The first-order valence-electron chi connectivity index (χ1n) is 7.53. The predicted octanol–water partition coefficient (Wildman–Crippen LogP) is 2.63. The Balaban J connectivity index is 2.01. The molecule has 0 amide bonds. The fourth-order valence-electron chi connectivity index (χ4n) is 2.54. The standard InChI is InChI=1S/C15H16ClN5O4/c1-24-12-3-2-10(16)8-11(12)19-14-13(21(22)23)15(18-9-17-14)20-4-6-25-7-5-20/h2-3,8-9H,4-7H2,1H3,(H,17,18,19). The zero-order chi connectivity index (χ0) is 17.8. The van der Waals surface area contributed by atoms with Gasteiger partial charge in [-0.05, 0) is 18.2 Å². The Morgan fingerprint density at radius 1 is 1.36 bits per heavy atom. The Hall–Kier alpha value is -2.65. The quantitative estimate of drug-likeness (QED) is 0.637. The molecular weight excluding hydrogens is 350 g/mol. The van der Waals surface area contributed by atoms with Crippen LogP contribution in [0, 0.1) is 10.1 Å². The van der Waals surface area contributed by atoms with Gasteiger partial charge in [0.05, 0.1) is 30.9 Å². The first-order valence-corrected chi connectivity index (χ1v) is 7.90. The normalized spacial score (nSPS) is 14.2. The lowest BCUT2D eigenvalue weighted by atomic mass is 10.2. The van der Waals surface area contributed by atoms with Crippen molar-refractivity contribution >= 4 is 34.6 Å². The molecule has 0 spiro atoms. The fourth-order valence-corrected chi connectivity index (χ4v) is 2.71. The molecule has 132 valence electrons. The lowest BCUT2D eigenvalue weighted by Gasteiger charge is -2.27. The van der Waals surface area contributed by atoms with Crippen LogP contribution in [0.3, 0.4) is 0 Å². The van der Waals surface area contributed by atoms with E-state index in [1.807, 2.05) is 4.90 Å². The number of anilines is 3. The van der Waals surface area contributed by atoms with Crippen LogP contribution >= 0.6 is 11.6 Å². The van der Waals surface area contributed by atoms with Gasteiger partial charge in [-0.25, -0.2) is 9.97 Å². The van der Waals surface area contributed by atoms with E-state index in [4.69, 9.17) is 21.1 Å². The monoisotopic (exact) mass is 365 g/mol. The number of hydrogen-bond acceptors (Lipinski definition) is 8. The average Bonchev–Trinajstić information content (AvgIpc) is 2.62. The van der Waals surface area contributed by atoms with Gasteiger partial charge in [-0.2, -0.15) is 0 Å². The van der Waals surface area contributed by atoms with Gasteiger partial charge in [-0.3, -0.25) is 10.1 Å². The molecule has 2 heterocycles. The molecule has 1 N–H and O–H groups in total. The van der Waals surface area contributed by atoms with E-state index in [-0.39, 0.29) is 17.3 Å². The number of aromatic nitrogens is 2. The van der Waals surface area contributed by atoms with E-state index in [1.165, 1.54) is 13.4 Å². The summed E-state index contributed by atoms with van der Waals surface area (Å²) in [5.74, 6) is 0.819. The topological polar surface area (TPSA) is 103 Å². The highest BCUT2D eigenvalue weighted by molar-refractivity contribution is 6.31. The summed E-state index contributed by atoms with van der Waals surface area (Å²) >= 11 is 6.01. The van der Waals surface area contributed by atoms with Gasteiger partial charge in [-0.1, -0.05) is 11.6 Å². The molecule has 1 aromatic heterocycles. The van der Waals surface area contributed by atoms with Gasteiger partial charge < -0.3 is 19.7 Å². The van der Waals surface area contributed by atoms with Crippen LogP contribution in [0.5, 0.6) is 5.75 Å². The zero-order valence-corrected chi connectivity index (χ0v) is 14.2. The summed E-state index contributed by atoms with van der Waals surface area (Å²) in [6, 6.07) is 4.94. The molecule has 0 atom stereocenters. The number of nitrogens with one attached hydrogen (secondary N) is 1. The first-order chi connectivity index (χ1) is 12.1. The molecule has 1 fully saturated rings. The smallest absolute Gasteiger partial charge is 0.353 e. The summed E-state index contributed by atoms with van der Waals surface area (Å²) in [5.41, 5.74) is 0.274. The van der Waals surface area contributed by atoms with Crippen molar-refractivity contribution in [2.24, 2.45) is 0 Å². The van der Waals surface area contributed by atoms with Crippen LogP contribution in [0.4, 0.5) is 23.0 Å². The summed E-state index contributed by atoms with van der Waals surface area (Å²) in [5, 5.41) is 15.1. The number of rotatable bonds is 5. The lowest BCUT2D eigenvalue weighted by molar-refractivity contribution is -0.383. The Kier molecular flexibility index (Phi) is 5.15. The zero-order valence-electron chi connectivity index (χ0n) is 13.4. The van der Waals surface area contributed by atoms with E-state index < -0.39 is 4.92 Å². The maximum atomic E-state index is 11.7. The molecule has 9 nitrogen and oxygen atoms in total. The molecule has 0 radical (unpaired) electrons. The molecule has 3 rings (SSSR count). The minimum absolute atomic E-state index is 0.0714. The molecule has 10 heteroatoms. The van der Waals surface area contributed by atoms with Crippen LogP contribution in [0.1, 0.15) is 0 Å². The second kappa shape index (κ2) is 7.49. The Morgan fingerprint density at radius 2 is 2.12 bits per heavy atom. The summed E-state index contributed by atoms with van der Waals surface area (Å²) in [4.78, 5) is 21.1. The van der Waals surface area contributed by atoms with E-state index in [2.05, 4.69) is 15.3 Å². The van der Waals surface area contributed by atoms with Crippen LogP contribution in [-0.4, -0.2) is 48.3 Å². The van der Waals surface area contributed by atoms with Crippen molar-refractivity contribution in [3.05, 3.63) is 39.7 Å². The predicted molar refractivity (Wildman–Crippen MR) is 93.0 cm³/mol. The number of benzene rings is 1. The third kappa shape index (κ3) is 3.72. The average molecular weight is 366 g/mol. The van der Waals surface area contributed by atoms with Crippen molar-refractivity contribution in [2.45, 2.75) is 0 Å². The van der Waals surface area contributed by atoms with Crippen LogP contribution in [0.15, 0.2) is 24.5 Å². The maximum Gasteiger partial charge on any atom is 0.353 e. The highest BCUT2D eigenvalue weighted by Crippen LogP contribution is 2.36. The van der Waals surface area contributed by atoms with Gasteiger partial charge in [0.15, 0.2) is 0 Å². The summed E-state index contributed by atoms with van der Waals surface area (Å²) in [7, 11) is 1.50. The van der Waals surface area contributed by atoms with E-state index in [9.17, 15) is 10.1 Å². The van der Waals surface area contributed by atoms with Gasteiger partial charge in [0.2, 0.25) is 11.6 Å². The molecule has 1 aliphatic rings. The number of ether oxygens (including phenoxy) is 2. The van der Waals surface area contributed by atoms with Crippen LogP contribution < -0.4 is 15.0 Å². The Labute approximate surface area is 148 Å². The number of halogens is 1. The number of nitro groups is 1. The molecule has 1 saturated heterocycles. The van der Waals surface area contributed by atoms with Gasteiger partial charge in [0.1, 0.15) is 12.1 Å². The maximum absolute atomic E-state index is 11.7. The Bertz CT molecular complexity index is 783. The van der Waals surface area contributed by atoms with Crippen molar-refractivity contribution in [1.29, 1.82) is 0 Å². The van der Waals surface area contributed by atoms with E-state index in [1.54, 1.807) is 18.2 Å². The van der Waals surface area contributed by atoms with Crippen molar-refractivity contribution in [3.63, 3.8) is 0 Å². The minimum Gasteiger partial charge on any atom is -0.495 e. The molecule has 1 aliphatic heterocycles. The molecule has 0 saturated carbocycles. The summed E-state index contributed by atoms with van der Waals surface area (Å²) in [6.07, 6.45) is 1.29. The molecule has 25 heavy (non-hydrogen) atoms. The summed E-state index contributed by atoms with van der Waals surface area (Å²) < 4.78 is 10.5. The van der Waals surface area contributed by atoms with Crippen molar-refractivity contribution in [3.8, 4) is 5.75 Å². The number of nitrogens with zero attached hydrogens (tertiary/aromatic N) is 4. The van der Waals surface area contributed by atoms with Crippen LogP contribution in [0.25, 0.3) is 0 Å². The third-order valence-corrected chi connectivity index (χ3v) is 3.95. The van der Waals surface area contributed by atoms with Crippen LogP contribution in [-0.2, 0) is 4.74 Å².